The van der Waals surface area contributed by atoms with E-state index in [9.17, 15) is 16.8 Å². The molecule has 1 aliphatic rings. The number of rotatable bonds is 7. The summed E-state index contributed by atoms with van der Waals surface area (Å²) < 4.78 is 53.8. The molecule has 0 radical (unpaired) electrons. The van der Waals surface area contributed by atoms with Crippen molar-refractivity contribution in [3.63, 3.8) is 0 Å². The summed E-state index contributed by atoms with van der Waals surface area (Å²) in [5, 5.41) is 0. The van der Waals surface area contributed by atoms with E-state index in [1.54, 1.807) is 0 Å². The van der Waals surface area contributed by atoms with Crippen LogP contribution in [0.15, 0.2) is 0 Å². The van der Waals surface area contributed by atoms with Gasteiger partial charge in [0.15, 0.2) is 0 Å². The van der Waals surface area contributed by atoms with Crippen molar-refractivity contribution in [2.75, 3.05) is 38.8 Å². The minimum Gasteiger partial charge on any atom is -0.377 e. The smallest absolute Gasteiger partial charge is 0.211 e. The summed E-state index contributed by atoms with van der Waals surface area (Å²) in [7, 11) is -6.65. The van der Waals surface area contributed by atoms with Crippen molar-refractivity contribution in [1.29, 1.82) is 0 Å². The molecule has 0 aromatic rings. The van der Waals surface area contributed by atoms with Crippen molar-refractivity contribution in [2.45, 2.75) is 18.9 Å². The predicted octanol–water partition coefficient (Wildman–Crippen LogP) is -1.02. The molecule has 1 rings (SSSR count). The SMILES string of the molecule is CS(=O)(=O)NCCN(CC1CCCO1)S(C)(=O)=O. The van der Waals surface area contributed by atoms with E-state index < -0.39 is 20.0 Å². The van der Waals surface area contributed by atoms with E-state index in [0.29, 0.717) is 6.61 Å². The van der Waals surface area contributed by atoms with Gasteiger partial charge in [0.2, 0.25) is 20.0 Å². The van der Waals surface area contributed by atoms with Gasteiger partial charge in [-0.1, -0.05) is 0 Å². The lowest BCUT2D eigenvalue weighted by Crippen LogP contribution is -2.41. The van der Waals surface area contributed by atoms with Crippen molar-refractivity contribution >= 4 is 20.0 Å². The monoisotopic (exact) mass is 300 g/mol. The molecule has 1 unspecified atom stereocenters. The first-order valence-electron chi connectivity index (χ1n) is 5.70. The van der Waals surface area contributed by atoms with E-state index in [1.165, 1.54) is 4.31 Å². The van der Waals surface area contributed by atoms with E-state index in [2.05, 4.69) is 4.72 Å². The van der Waals surface area contributed by atoms with E-state index in [4.69, 9.17) is 4.74 Å². The molecule has 7 nitrogen and oxygen atoms in total. The molecule has 0 amide bonds. The van der Waals surface area contributed by atoms with Gasteiger partial charge in [-0.3, -0.25) is 0 Å². The lowest BCUT2D eigenvalue weighted by molar-refractivity contribution is 0.0943. The lowest BCUT2D eigenvalue weighted by Gasteiger charge is -2.22. The van der Waals surface area contributed by atoms with Crippen LogP contribution in [0.5, 0.6) is 0 Å². The molecule has 1 fully saturated rings. The molecule has 0 aliphatic carbocycles. The van der Waals surface area contributed by atoms with E-state index in [1.807, 2.05) is 0 Å². The first kappa shape index (κ1) is 15.8. The van der Waals surface area contributed by atoms with Gasteiger partial charge in [-0.25, -0.2) is 21.6 Å². The van der Waals surface area contributed by atoms with Crippen LogP contribution in [0.1, 0.15) is 12.8 Å². The zero-order valence-electron chi connectivity index (χ0n) is 10.6. The summed E-state index contributed by atoms with van der Waals surface area (Å²) in [6, 6.07) is 0. The van der Waals surface area contributed by atoms with Crippen LogP contribution in [-0.4, -0.2) is 66.0 Å². The lowest BCUT2D eigenvalue weighted by atomic mass is 10.2. The standard InChI is InChI=1S/C9H20N2O5S2/c1-17(12,13)10-5-6-11(18(2,14)15)8-9-4-3-7-16-9/h9-10H,3-8H2,1-2H3. The maximum absolute atomic E-state index is 11.6. The summed E-state index contributed by atoms with van der Waals surface area (Å²) in [4.78, 5) is 0. The van der Waals surface area contributed by atoms with Gasteiger partial charge in [-0.15, -0.1) is 0 Å². The number of sulfonamides is 2. The number of hydrogen-bond donors (Lipinski definition) is 1. The summed E-state index contributed by atoms with van der Waals surface area (Å²) in [5.41, 5.74) is 0. The van der Waals surface area contributed by atoms with Crippen LogP contribution in [0.3, 0.4) is 0 Å². The molecule has 9 heteroatoms. The van der Waals surface area contributed by atoms with Crippen molar-refractivity contribution < 1.29 is 21.6 Å². The molecule has 0 bridgehead atoms. The zero-order chi connectivity index (χ0) is 13.8. The highest BCUT2D eigenvalue weighted by Crippen LogP contribution is 2.14. The van der Waals surface area contributed by atoms with Crippen molar-refractivity contribution in [3.05, 3.63) is 0 Å². The summed E-state index contributed by atoms with van der Waals surface area (Å²) in [6.07, 6.45) is 3.84. The van der Waals surface area contributed by atoms with Crippen LogP contribution in [0.2, 0.25) is 0 Å². The number of ether oxygens (including phenoxy) is 1. The quantitative estimate of drug-likeness (QED) is 0.649. The molecule has 18 heavy (non-hydrogen) atoms. The van der Waals surface area contributed by atoms with Crippen LogP contribution in [0, 0.1) is 0 Å². The second-order valence-electron chi connectivity index (χ2n) is 4.42. The Kier molecular flexibility index (Phi) is 5.53. The van der Waals surface area contributed by atoms with E-state index >= 15 is 0 Å². The predicted molar refractivity (Wildman–Crippen MR) is 68.2 cm³/mol. The minimum absolute atomic E-state index is 0.0681. The largest absolute Gasteiger partial charge is 0.377 e. The fourth-order valence-electron chi connectivity index (χ4n) is 1.76. The van der Waals surface area contributed by atoms with Gasteiger partial charge in [0, 0.05) is 26.2 Å². The Morgan fingerprint density at radius 2 is 1.94 bits per heavy atom. The third-order valence-corrected chi connectivity index (χ3v) is 4.62. The molecule has 1 heterocycles. The molecule has 0 aromatic carbocycles. The Balaban J connectivity index is 2.51. The summed E-state index contributed by atoms with van der Waals surface area (Å²) in [5.74, 6) is 0. The maximum atomic E-state index is 11.6. The Morgan fingerprint density at radius 1 is 1.28 bits per heavy atom. The van der Waals surface area contributed by atoms with Crippen LogP contribution in [-0.2, 0) is 24.8 Å². The number of hydrogen-bond acceptors (Lipinski definition) is 5. The summed E-state index contributed by atoms with van der Waals surface area (Å²) >= 11 is 0. The van der Waals surface area contributed by atoms with Crippen LogP contribution in [0.4, 0.5) is 0 Å². The zero-order valence-corrected chi connectivity index (χ0v) is 12.3. The molecule has 1 N–H and O–H groups in total. The Bertz CT molecular complexity index is 453. The van der Waals surface area contributed by atoms with Gasteiger partial charge >= 0.3 is 0 Å². The number of nitrogens with zero attached hydrogens (tertiary/aromatic N) is 1. The molecule has 1 saturated heterocycles. The Hall–Kier alpha value is -0.220. The average molecular weight is 300 g/mol. The minimum atomic E-state index is -3.35. The first-order chi connectivity index (χ1) is 8.18. The normalized spacial score (nSPS) is 21.6. The topological polar surface area (TPSA) is 92.8 Å². The van der Waals surface area contributed by atoms with Crippen molar-refractivity contribution in [1.82, 2.24) is 9.03 Å². The molecule has 108 valence electrons. The highest BCUT2D eigenvalue weighted by Gasteiger charge is 2.24. The molecule has 1 atom stereocenters. The molecule has 0 spiro atoms. The fraction of sp³-hybridized carbons (Fsp3) is 1.00. The van der Waals surface area contributed by atoms with Crippen LogP contribution < -0.4 is 4.72 Å². The molecule has 0 saturated carbocycles. The van der Waals surface area contributed by atoms with Gasteiger partial charge in [-0.2, -0.15) is 4.31 Å². The van der Waals surface area contributed by atoms with Gasteiger partial charge < -0.3 is 4.74 Å². The second-order valence-corrected chi connectivity index (χ2v) is 8.24. The summed E-state index contributed by atoms with van der Waals surface area (Å²) in [6.45, 7) is 1.12. The van der Waals surface area contributed by atoms with Gasteiger partial charge in [0.1, 0.15) is 0 Å². The molecular formula is C9H20N2O5S2. The molecule has 1 aliphatic heterocycles. The third kappa shape index (κ3) is 6.10. The van der Waals surface area contributed by atoms with Gasteiger partial charge in [-0.05, 0) is 12.8 Å². The Labute approximate surface area is 109 Å². The van der Waals surface area contributed by atoms with Gasteiger partial charge in [0.25, 0.3) is 0 Å². The maximum Gasteiger partial charge on any atom is 0.211 e. The second kappa shape index (κ2) is 6.29. The van der Waals surface area contributed by atoms with E-state index in [-0.39, 0.29) is 25.7 Å². The highest BCUT2D eigenvalue weighted by atomic mass is 32.2. The third-order valence-electron chi connectivity index (χ3n) is 2.63. The Morgan fingerprint density at radius 3 is 2.39 bits per heavy atom. The van der Waals surface area contributed by atoms with Crippen molar-refractivity contribution in [2.24, 2.45) is 0 Å². The first-order valence-corrected chi connectivity index (χ1v) is 9.44. The highest BCUT2D eigenvalue weighted by molar-refractivity contribution is 7.88. The van der Waals surface area contributed by atoms with Crippen LogP contribution in [0.25, 0.3) is 0 Å². The van der Waals surface area contributed by atoms with E-state index in [0.717, 1.165) is 25.4 Å². The van der Waals surface area contributed by atoms with Gasteiger partial charge in [0.05, 0.1) is 18.6 Å². The number of nitrogens with one attached hydrogen (secondary N) is 1. The van der Waals surface area contributed by atoms with Crippen molar-refractivity contribution in [3.8, 4) is 0 Å². The molecule has 0 aromatic heterocycles. The van der Waals surface area contributed by atoms with Crippen LogP contribution >= 0.6 is 0 Å². The molecular weight excluding hydrogens is 280 g/mol. The fourth-order valence-corrected chi connectivity index (χ4v) is 3.09. The average Bonchev–Trinajstić information content (AvgIpc) is 2.65.